The summed E-state index contributed by atoms with van der Waals surface area (Å²) in [6.07, 6.45) is 2.48. The number of hydrogen-bond acceptors (Lipinski definition) is 2. The molecule has 102 valence electrons. The molecular weight excluding hydrogens is 252 g/mol. The van der Waals surface area contributed by atoms with Crippen molar-refractivity contribution in [3.05, 3.63) is 53.1 Å². The molecule has 1 aliphatic carbocycles. The maximum atomic E-state index is 11.9. The fourth-order valence-corrected chi connectivity index (χ4v) is 3.98. The molecule has 1 N–H and O–H groups in total. The second-order valence-corrected chi connectivity index (χ2v) is 6.14. The van der Waals surface area contributed by atoms with Crippen LogP contribution in [0.4, 0.5) is 0 Å². The maximum absolute atomic E-state index is 11.9. The fraction of sp³-hybridized carbons (Fsp3) is 0.375. The summed E-state index contributed by atoms with van der Waals surface area (Å²) in [5.41, 5.74) is 2.66. The van der Waals surface area contributed by atoms with Crippen molar-refractivity contribution >= 4 is 5.97 Å². The zero-order chi connectivity index (χ0) is 14.1. The first-order chi connectivity index (χ1) is 9.54. The molecule has 3 unspecified atom stereocenters. The van der Waals surface area contributed by atoms with Crippen LogP contribution in [-0.2, 0) is 4.79 Å². The molecule has 20 heavy (non-hydrogen) atoms. The minimum absolute atomic E-state index is 0.0889. The van der Waals surface area contributed by atoms with E-state index in [2.05, 4.69) is 21.7 Å². The number of aromatic nitrogens is 2. The molecule has 0 spiro atoms. The Bertz CT molecular complexity index is 734. The van der Waals surface area contributed by atoms with Crippen molar-refractivity contribution in [2.45, 2.75) is 32.2 Å². The van der Waals surface area contributed by atoms with Gasteiger partial charge < -0.3 is 9.67 Å². The fourth-order valence-electron chi connectivity index (χ4n) is 3.98. The Hall–Kier alpha value is -2.10. The second kappa shape index (κ2) is 3.51. The number of hydrogen-bond donors (Lipinski definition) is 1. The Kier molecular flexibility index (Phi) is 2.05. The molecule has 5 rings (SSSR count). The van der Waals surface area contributed by atoms with Crippen molar-refractivity contribution in [3.63, 3.8) is 0 Å². The van der Waals surface area contributed by atoms with E-state index in [0.717, 1.165) is 17.1 Å². The minimum atomic E-state index is -0.766. The smallest absolute Gasteiger partial charge is 0.311 e. The Labute approximate surface area is 117 Å². The zero-order valence-electron chi connectivity index (χ0n) is 11.5. The molecule has 2 aliphatic heterocycles. The summed E-state index contributed by atoms with van der Waals surface area (Å²) in [6.45, 7) is 3.87. The molecular formula is C16H16N2O2. The Morgan fingerprint density at radius 2 is 2.10 bits per heavy atom. The SMILES string of the molecule is Cc1cnc2n1C1c3ccccc3C2CC1(C)C(=O)O. The largest absolute Gasteiger partial charge is 0.481 e. The van der Waals surface area contributed by atoms with E-state index in [9.17, 15) is 9.90 Å². The third kappa shape index (κ3) is 1.17. The quantitative estimate of drug-likeness (QED) is 0.865. The number of carbonyl (C=O) groups is 1. The maximum Gasteiger partial charge on any atom is 0.311 e. The summed E-state index contributed by atoms with van der Waals surface area (Å²) in [6, 6.07) is 8.04. The predicted octanol–water partition coefficient (Wildman–Crippen LogP) is 2.72. The van der Waals surface area contributed by atoms with Gasteiger partial charge in [-0.1, -0.05) is 24.3 Å². The first-order valence-corrected chi connectivity index (χ1v) is 6.90. The van der Waals surface area contributed by atoms with Crippen LogP contribution in [0.1, 0.15) is 47.9 Å². The van der Waals surface area contributed by atoms with E-state index < -0.39 is 11.4 Å². The van der Waals surface area contributed by atoms with Crippen LogP contribution >= 0.6 is 0 Å². The molecule has 3 atom stereocenters. The zero-order valence-corrected chi connectivity index (χ0v) is 11.5. The highest BCUT2D eigenvalue weighted by atomic mass is 16.4. The van der Waals surface area contributed by atoms with E-state index in [1.54, 1.807) is 0 Å². The van der Waals surface area contributed by atoms with Gasteiger partial charge in [0.25, 0.3) is 0 Å². The summed E-state index contributed by atoms with van der Waals surface area (Å²) in [5, 5.41) is 9.77. The first kappa shape index (κ1) is 11.7. The molecule has 0 radical (unpaired) electrons. The Balaban J connectivity index is 2.07. The lowest BCUT2D eigenvalue weighted by molar-refractivity contribution is -0.152. The number of benzene rings is 1. The number of fused-ring (bicyclic) bond motifs is 1. The third-order valence-electron chi connectivity index (χ3n) is 4.97. The van der Waals surface area contributed by atoms with Gasteiger partial charge in [0.05, 0.1) is 11.5 Å². The van der Waals surface area contributed by atoms with Gasteiger partial charge in [0.1, 0.15) is 5.82 Å². The molecule has 2 bridgehead atoms. The van der Waals surface area contributed by atoms with Crippen LogP contribution in [0.25, 0.3) is 0 Å². The highest BCUT2D eigenvalue weighted by Gasteiger charge is 2.55. The number of carboxylic acid groups (broad SMARTS) is 1. The molecule has 1 aromatic heterocycles. The van der Waals surface area contributed by atoms with E-state index in [1.807, 2.05) is 32.2 Å². The van der Waals surface area contributed by atoms with E-state index in [0.29, 0.717) is 6.42 Å². The van der Waals surface area contributed by atoms with Crippen LogP contribution in [-0.4, -0.2) is 20.6 Å². The van der Waals surface area contributed by atoms with Gasteiger partial charge in [-0.2, -0.15) is 0 Å². The van der Waals surface area contributed by atoms with Crippen molar-refractivity contribution < 1.29 is 9.90 Å². The Morgan fingerprint density at radius 1 is 1.40 bits per heavy atom. The molecule has 0 amide bonds. The molecule has 0 saturated carbocycles. The van der Waals surface area contributed by atoms with Gasteiger partial charge in [-0.05, 0) is 31.4 Å². The number of aliphatic carboxylic acids is 1. The number of aryl methyl sites for hydroxylation is 1. The third-order valence-corrected chi connectivity index (χ3v) is 4.97. The highest BCUT2D eigenvalue weighted by Crippen LogP contribution is 2.57. The van der Waals surface area contributed by atoms with Crippen LogP contribution in [0.3, 0.4) is 0 Å². The molecule has 0 fully saturated rings. The number of imidazole rings is 1. The summed E-state index contributed by atoms with van der Waals surface area (Å²) in [4.78, 5) is 16.4. The normalized spacial score (nSPS) is 29.9. The number of rotatable bonds is 1. The van der Waals surface area contributed by atoms with Gasteiger partial charge in [0.15, 0.2) is 0 Å². The van der Waals surface area contributed by atoms with Crippen molar-refractivity contribution in [2.24, 2.45) is 5.41 Å². The Morgan fingerprint density at radius 3 is 2.80 bits per heavy atom. The average Bonchev–Trinajstić information content (AvgIpc) is 2.82. The number of nitrogens with zero attached hydrogens (tertiary/aromatic N) is 2. The van der Waals surface area contributed by atoms with Crippen molar-refractivity contribution in [1.82, 2.24) is 9.55 Å². The van der Waals surface area contributed by atoms with Crippen molar-refractivity contribution in [1.29, 1.82) is 0 Å². The summed E-state index contributed by atoms with van der Waals surface area (Å²) in [7, 11) is 0. The lowest BCUT2D eigenvalue weighted by Crippen LogP contribution is -2.48. The van der Waals surface area contributed by atoms with E-state index in [4.69, 9.17) is 0 Å². The topological polar surface area (TPSA) is 55.1 Å². The molecule has 4 nitrogen and oxygen atoms in total. The standard InChI is InChI=1S/C16H16N2O2/c1-9-8-17-14-12-7-16(2,15(19)20)13(18(9)14)11-6-4-3-5-10(11)12/h3-6,8,12-13H,7H2,1-2H3,(H,19,20). The summed E-state index contributed by atoms with van der Waals surface area (Å²) < 4.78 is 2.13. The second-order valence-electron chi connectivity index (χ2n) is 6.14. The van der Waals surface area contributed by atoms with Crippen molar-refractivity contribution in [3.8, 4) is 0 Å². The lowest BCUT2D eigenvalue weighted by Gasteiger charge is -2.49. The first-order valence-electron chi connectivity index (χ1n) is 6.90. The summed E-state index contributed by atoms with van der Waals surface area (Å²) in [5.74, 6) is 0.386. The molecule has 0 saturated heterocycles. The van der Waals surface area contributed by atoms with Gasteiger partial charge in [-0.25, -0.2) is 4.98 Å². The van der Waals surface area contributed by atoms with Gasteiger partial charge in [-0.15, -0.1) is 0 Å². The molecule has 3 aliphatic rings. The van der Waals surface area contributed by atoms with Gasteiger partial charge in [0, 0.05) is 17.8 Å². The van der Waals surface area contributed by atoms with Crippen LogP contribution in [0, 0.1) is 12.3 Å². The molecule has 3 heterocycles. The average molecular weight is 268 g/mol. The van der Waals surface area contributed by atoms with Crippen molar-refractivity contribution in [2.75, 3.05) is 0 Å². The van der Waals surface area contributed by atoms with E-state index in [-0.39, 0.29) is 12.0 Å². The van der Waals surface area contributed by atoms with Crippen LogP contribution in [0.5, 0.6) is 0 Å². The lowest BCUT2D eigenvalue weighted by atomic mass is 9.62. The molecule has 2 aromatic rings. The number of carboxylic acids is 1. The molecule has 1 aromatic carbocycles. The highest BCUT2D eigenvalue weighted by molar-refractivity contribution is 5.77. The van der Waals surface area contributed by atoms with Gasteiger partial charge >= 0.3 is 5.97 Å². The predicted molar refractivity (Wildman–Crippen MR) is 73.7 cm³/mol. The van der Waals surface area contributed by atoms with Crippen LogP contribution in [0.2, 0.25) is 0 Å². The van der Waals surface area contributed by atoms with Crippen LogP contribution < -0.4 is 0 Å². The summed E-state index contributed by atoms with van der Waals surface area (Å²) >= 11 is 0. The van der Waals surface area contributed by atoms with Crippen LogP contribution in [0.15, 0.2) is 30.5 Å². The monoisotopic (exact) mass is 268 g/mol. The van der Waals surface area contributed by atoms with E-state index in [1.165, 1.54) is 5.56 Å². The molecule has 4 heteroatoms. The van der Waals surface area contributed by atoms with Gasteiger partial charge in [0.2, 0.25) is 0 Å². The minimum Gasteiger partial charge on any atom is -0.481 e. The van der Waals surface area contributed by atoms with Gasteiger partial charge in [-0.3, -0.25) is 4.79 Å². The van der Waals surface area contributed by atoms with E-state index >= 15 is 0 Å².